The summed E-state index contributed by atoms with van der Waals surface area (Å²) in [7, 11) is 0. The van der Waals surface area contributed by atoms with Crippen LogP contribution in [0.4, 0.5) is 0 Å². The van der Waals surface area contributed by atoms with Crippen LogP contribution in [0.25, 0.3) is 15.7 Å². The van der Waals surface area contributed by atoms with Crippen molar-refractivity contribution in [3.05, 3.63) is 78.7 Å². The van der Waals surface area contributed by atoms with E-state index in [9.17, 15) is 19.2 Å². The number of hydrogen-bond donors (Lipinski definition) is 1. The van der Waals surface area contributed by atoms with E-state index in [2.05, 4.69) is 10.1 Å². The Labute approximate surface area is 154 Å². The van der Waals surface area contributed by atoms with Gasteiger partial charge >= 0.3 is 5.97 Å². The van der Waals surface area contributed by atoms with Crippen molar-refractivity contribution in [3.8, 4) is 0 Å². The maximum absolute atomic E-state index is 12.4. The number of carbonyl (C=O) groups excluding carboxylic acids is 1. The molecule has 0 fully saturated rings. The third-order valence-electron chi connectivity index (χ3n) is 3.91. The maximum Gasteiger partial charge on any atom is 0.328 e. The second-order valence-corrected chi connectivity index (χ2v) is 6.55. The minimum absolute atomic E-state index is 0.213. The largest absolute Gasteiger partial charge is 0.458 e. The smallest absolute Gasteiger partial charge is 0.328 e. The van der Waals surface area contributed by atoms with E-state index in [1.807, 2.05) is 0 Å². The van der Waals surface area contributed by atoms with Crippen LogP contribution in [-0.2, 0) is 22.7 Å². The Bertz CT molecular complexity index is 1350. The van der Waals surface area contributed by atoms with Gasteiger partial charge in [0.15, 0.2) is 4.96 Å². The molecule has 9 nitrogen and oxygen atoms in total. The van der Waals surface area contributed by atoms with Gasteiger partial charge in [0.05, 0.1) is 16.5 Å². The van der Waals surface area contributed by atoms with E-state index in [0.717, 1.165) is 4.68 Å². The van der Waals surface area contributed by atoms with E-state index in [1.165, 1.54) is 33.9 Å². The molecule has 4 rings (SSSR count). The first-order chi connectivity index (χ1) is 13.0. The van der Waals surface area contributed by atoms with Gasteiger partial charge in [-0.2, -0.15) is 0 Å². The minimum Gasteiger partial charge on any atom is -0.458 e. The first-order valence-electron chi connectivity index (χ1n) is 7.86. The van der Waals surface area contributed by atoms with Gasteiger partial charge in [-0.1, -0.05) is 12.1 Å². The third kappa shape index (κ3) is 3.17. The third-order valence-corrected chi connectivity index (χ3v) is 4.66. The van der Waals surface area contributed by atoms with Crippen molar-refractivity contribution in [1.82, 2.24) is 19.2 Å². The van der Waals surface area contributed by atoms with Crippen molar-refractivity contribution in [3.63, 3.8) is 0 Å². The zero-order chi connectivity index (χ0) is 19.0. The Balaban J connectivity index is 1.53. The van der Waals surface area contributed by atoms with Crippen molar-refractivity contribution in [2.45, 2.75) is 13.2 Å². The minimum atomic E-state index is -0.740. The molecule has 27 heavy (non-hydrogen) atoms. The molecule has 0 aliphatic rings. The molecular weight excluding hydrogens is 372 g/mol. The molecule has 0 radical (unpaired) electrons. The zero-order valence-electron chi connectivity index (χ0n) is 13.7. The van der Waals surface area contributed by atoms with Crippen LogP contribution in [-0.4, -0.2) is 25.1 Å². The number of thiazole rings is 1. The summed E-state index contributed by atoms with van der Waals surface area (Å²) < 4.78 is 7.38. The number of aromatic nitrogens is 4. The molecule has 1 N–H and O–H groups in total. The molecule has 0 unspecified atom stereocenters. The predicted octanol–water partition coefficient (Wildman–Crippen LogP) is 0.503. The highest BCUT2D eigenvalue weighted by Gasteiger charge is 2.12. The molecule has 4 aromatic rings. The Kier molecular flexibility index (Phi) is 4.16. The number of rotatable bonds is 4. The molecule has 3 heterocycles. The summed E-state index contributed by atoms with van der Waals surface area (Å²) in [6, 6.07) is 7.61. The number of fused-ring (bicyclic) bond motifs is 2. The van der Waals surface area contributed by atoms with Gasteiger partial charge in [-0.15, -0.1) is 11.3 Å². The van der Waals surface area contributed by atoms with Crippen molar-refractivity contribution in [2.24, 2.45) is 0 Å². The van der Waals surface area contributed by atoms with Gasteiger partial charge in [-0.3, -0.25) is 28.7 Å². The molecule has 10 heteroatoms. The fourth-order valence-electron chi connectivity index (χ4n) is 2.65. The summed E-state index contributed by atoms with van der Waals surface area (Å²) in [6.07, 6.45) is 1.60. The lowest BCUT2D eigenvalue weighted by molar-refractivity contribution is -0.146. The number of H-pyrrole nitrogens is 1. The lowest BCUT2D eigenvalue weighted by Gasteiger charge is -2.07. The van der Waals surface area contributed by atoms with E-state index in [0.29, 0.717) is 10.7 Å². The van der Waals surface area contributed by atoms with Gasteiger partial charge in [-0.25, -0.2) is 9.67 Å². The van der Waals surface area contributed by atoms with Crippen LogP contribution in [0.3, 0.4) is 0 Å². The summed E-state index contributed by atoms with van der Waals surface area (Å²) in [6.45, 7) is -0.672. The van der Waals surface area contributed by atoms with Gasteiger partial charge in [0.2, 0.25) is 0 Å². The number of ether oxygens (including phenoxy) is 1. The molecule has 0 aliphatic heterocycles. The van der Waals surface area contributed by atoms with Crippen LogP contribution >= 0.6 is 11.3 Å². The van der Waals surface area contributed by atoms with Gasteiger partial charge in [-0.05, 0) is 12.1 Å². The Morgan fingerprint density at radius 3 is 2.78 bits per heavy atom. The van der Waals surface area contributed by atoms with E-state index in [4.69, 9.17) is 4.74 Å². The Hall–Kier alpha value is -3.53. The van der Waals surface area contributed by atoms with Gasteiger partial charge < -0.3 is 4.74 Å². The van der Waals surface area contributed by atoms with Gasteiger partial charge in [0, 0.05) is 17.6 Å². The number of carbonyl (C=O) groups is 1. The van der Waals surface area contributed by atoms with Gasteiger partial charge in [0.1, 0.15) is 13.2 Å². The standard InChI is InChI=1S/C17H12N4O5S/c22-13-7-10(18-17-20(13)5-6-27-17)9-26-14(23)8-21-16(25)12-4-2-1-3-11(12)15(24)19-21/h1-7H,8-9H2,(H,19,24). The average molecular weight is 384 g/mol. The van der Waals surface area contributed by atoms with Crippen LogP contribution in [0.2, 0.25) is 0 Å². The van der Waals surface area contributed by atoms with Crippen molar-refractivity contribution < 1.29 is 9.53 Å². The lowest BCUT2D eigenvalue weighted by atomic mass is 10.2. The second-order valence-electron chi connectivity index (χ2n) is 5.68. The molecule has 0 aliphatic carbocycles. The lowest BCUT2D eigenvalue weighted by Crippen LogP contribution is -2.32. The highest BCUT2D eigenvalue weighted by atomic mass is 32.1. The van der Waals surface area contributed by atoms with Crippen molar-refractivity contribution in [1.29, 1.82) is 0 Å². The van der Waals surface area contributed by atoms with Crippen LogP contribution < -0.4 is 16.7 Å². The van der Waals surface area contributed by atoms with Crippen LogP contribution in [0.1, 0.15) is 5.69 Å². The molecule has 136 valence electrons. The fraction of sp³-hybridized carbons (Fsp3) is 0.118. The predicted molar refractivity (Wildman–Crippen MR) is 98.0 cm³/mol. The topological polar surface area (TPSA) is 116 Å². The molecule has 0 amide bonds. The summed E-state index contributed by atoms with van der Waals surface area (Å²) in [4.78, 5) is 53.1. The van der Waals surface area contributed by atoms with Crippen LogP contribution in [0.5, 0.6) is 0 Å². The molecule has 0 spiro atoms. The molecule has 0 saturated carbocycles. The van der Waals surface area contributed by atoms with Crippen molar-refractivity contribution >= 4 is 33.0 Å². The summed E-state index contributed by atoms with van der Waals surface area (Å²) in [5, 5.41) is 4.55. The number of esters is 1. The van der Waals surface area contributed by atoms with E-state index < -0.39 is 23.6 Å². The Morgan fingerprint density at radius 2 is 1.96 bits per heavy atom. The second kappa shape index (κ2) is 6.65. The molecule has 0 bridgehead atoms. The first-order valence-corrected chi connectivity index (χ1v) is 8.74. The number of nitrogens with zero attached hydrogens (tertiary/aromatic N) is 3. The number of hydrogen-bond acceptors (Lipinski definition) is 7. The van der Waals surface area contributed by atoms with Gasteiger partial charge in [0.25, 0.3) is 16.7 Å². The molecular formula is C17H12N4O5S. The molecule has 0 saturated heterocycles. The quantitative estimate of drug-likeness (QED) is 0.513. The SMILES string of the molecule is O=C(Cn1[nH]c(=O)c2ccccc2c1=O)OCc1cc(=O)n2ccsc2n1. The maximum atomic E-state index is 12.4. The highest BCUT2D eigenvalue weighted by Crippen LogP contribution is 2.07. The summed E-state index contributed by atoms with van der Waals surface area (Å²) >= 11 is 1.28. The number of nitrogens with one attached hydrogen (secondary N) is 1. The fourth-order valence-corrected chi connectivity index (χ4v) is 3.39. The monoisotopic (exact) mass is 384 g/mol. The normalized spacial score (nSPS) is 11.1. The van der Waals surface area contributed by atoms with E-state index in [-0.39, 0.29) is 22.9 Å². The molecule has 3 aromatic heterocycles. The summed E-state index contributed by atoms with van der Waals surface area (Å²) in [5.74, 6) is -0.740. The number of aromatic amines is 1. The van der Waals surface area contributed by atoms with E-state index in [1.54, 1.807) is 23.7 Å². The first kappa shape index (κ1) is 16.9. The highest BCUT2D eigenvalue weighted by molar-refractivity contribution is 7.15. The van der Waals surface area contributed by atoms with Crippen molar-refractivity contribution in [2.75, 3.05) is 0 Å². The Morgan fingerprint density at radius 1 is 1.19 bits per heavy atom. The van der Waals surface area contributed by atoms with E-state index >= 15 is 0 Å². The molecule has 1 aromatic carbocycles. The zero-order valence-corrected chi connectivity index (χ0v) is 14.6. The number of benzene rings is 1. The molecule has 0 atom stereocenters. The summed E-state index contributed by atoms with van der Waals surface area (Å²) in [5.41, 5.74) is -0.952. The van der Waals surface area contributed by atoms with Crippen LogP contribution in [0.15, 0.2) is 56.3 Å². The van der Waals surface area contributed by atoms with Crippen LogP contribution in [0, 0.1) is 0 Å². The average Bonchev–Trinajstić information content (AvgIpc) is 3.13.